The van der Waals surface area contributed by atoms with E-state index in [0.29, 0.717) is 20.7 Å². The zero-order valence-electron chi connectivity index (χ0n) is 13.3. The molecule has 2 aromatic rings. The van der Waals surface area contributed by atoms with Gasteiger partial charge in [-0.15, -0.1) is 11.8 Å². The topological polar surface area (TPSA) is 67.4 Å². The highest BCUT2D eigenvalue weighted by Gasteiger charge is 2.09. The second kappa shape index (κ2) is 9.56. The number of benzene rings is 2. The Morgan fingerprint density at radius 2 is 1.72 bits per heavy atom. The van der Waals surface area contributed by atoms with E-state index in [2.05, 4.69) is 10.9 Å². The normalized spacial score (nSPS) is 10.2. The Bertz CT molecular complexity index is 754. The van der Waals surface area contributed by atoms with E-state index >= 15 is 0 Å². The molecule has 0 aliphatic rings. The Morgan fingerprint density at radius 3 is 2.40 bits per heavy atom. The summed E-state index contributed by atoms with van der Waals surface area (Å²) in [5.41, 5.74) is 5.56. The number of carbonyl (C=O) groups is 2. The third-order valence-corrected chi connectivity index (χ3v) is 4.85. The first-order chi connectivity index (χ1) is 12.0. The fourth-order valence-corrected chi connectivity index (χ4v) is 3.17. The van der Waals surface area contributed by atoms with Crippen molar-refractivity contribution in [3.05, 3.63) is 58.1 Å². The van der Waals surface area contributed by atoms with Gasteiger partial charge in [0.05, 0.1) is 24.3 Å². The monoisotopic (exact) mass is 398 g/mol. The molecule has 0 aromatic heterocycles. The van der Waals surface area contributed by atoms with Crippen molar-refractivity contribution in [2.24, 2.45) is 0 Å². The fraction of sp³-hybridized carbons (Fsp3) is 0.176. The van der Waals surface area contributed by atoms with E-state index < -0.39 is 0 Å². The number of rotatable bonds is 6. The zero-order chi connectivity index (χ0) is 18.2. The molecule has 2 aromatic carbocycles. The maximum Gasteiger partial charge on any atom is 0.248 e. The average Bonchev–Trinajstić information content (AvgIpc) is 2.61. The van der Waals surface area contributed by atoms with Gasteiger partial charge in [0.1, 0.15) is 5.75 Å². The third kappa shape index (κ3) is 6.49. The van der Waals surface area contributed by atoms with Crippen LogP contribution in [0.15, 0.2) is 47.4 Å². The molecular formula is C17H16Cl2N2O3S. The van der Waals surface area contributed by atoms with E-state index in [9.17, 15) is 9.59 Å². The minimum atomic E-state index is -0.343. The summed E-state index contributed by atoms with van der Waals surface area (Å²) in [5.74, 6) is 0.158. The summed E-state index contributed by atoms with van der Waals surface area (Å²) in [6.07, 6.45) is 0.150. The van der Waals surface area contributed by atoms with Crippen LogP contribution in [0.1, 0.15) is 5.56 Å². The van der Waals surface area contributed by atoms with Crippen molar-refractivity contribution in [2.45, 2.75) is 11.3 Å². The second-order valence-electron chi connectivity index (χ2n) is 4.98. The van der Waals surface area contributed by atoms with Gasteiger partial charge in [-0.2, -0.15) is 0 Å². The van der Waals surface area contributed by atoms with Gasteiger partial charge < -0.3 is 4.74 Å². The van der Waals surface area contributed by atoms with E-state index in [-0.39, 0.29) is 24.0 Å². The van der Waals surface area contributed by atoms with Gasteiger partial charge in [0, 0.05) is 9.92 Å². The number of hydrazine groups is 1. The standard InChI is InChI=1S/C17H16Cl2N2O3S/c1-24-13-5-2-11(3-6-13)8-16(22)20-21-17(23)10-25-15-9-12(18)4-7-14(15)19/h2-7,9H,8,10H2,1H3,(H,20,22)(H,21,23). The van der Waals surface area contributed by atoms with Crippen LogP contribution in [0.4, 0.5) is 0 Å². The lowest BCUT2D eigenvalue weighted by Gasteiger charge is -2.08. The molecule has 0 atom stereocenters. The largest absolute Gasteiger partial charge is 0.497 e. The highest BCUT2D eigenvalue weighted by atomic mass is 35.5. The van der Waals surface area contributed by atoms with Crippen molar-refractivity contribution in [3.8, 4) is 5.75 Å². The molecule has 0 radical (unpaired) electrons. The number of nitrogens with one attached hydrogen (secondary N) is 2. The van der Waals surface area contributed by atoms with Gasteiger partial charge in [0.15, 0.2) is 0 Å². The predicted octanol–water partition coefficient (Wildman–Crippen LogP) is 3.48. The molecule has 0 saturated carbocycles. The SMILES string of the molecule is COc1ccc(CC(=O)NNC(=O)CSc2cc(Cl)ccc2Cl)cc1. The summed E-state index contributed by atoms with van der Waals surface area (Å²) >= 11 is 13.2. The van der Waals surface area contributed by atoms with Crippen LogP contribution < -0.4 is 15.6 Å². The maximum atomic E-state index is 11.8. The highest BCUT2D eigenvalue weighted by molar-refractivity contribution is 8.00. The zero-order valence-corrected chi connectivity index (χ0v) is 15.7. The third-order valence-electron chi connectivity index (χ3n) is 3.12. The Labute approximate surface area is 160 Å². The first-order valence-electron chi connectivity index (χ1n) is 7.26. The molecule has 2 amide bonds. The number of hydrogen-bond donors (Lipinski definition) is 2. The molecule has 0 unspecified atom stereocenters. The fourth-order valence-electron chi connectivity index (χ4n) is 1.88. The summed E-state index contributed by atoms with van der Waals surface area (Å²) in [6, 6.07) is 12.1. The lowest BCUT2D eigenvalue weighted by atomic mass is 10.1. The van der Waals surface area contributed by atoms with E-state index in [4.69, 9.17) is 27.9 Å². The van der Waals surface area contributed by atoms with Crippen molar-refractivity contribution < 1.29 is 14.3 Å². The van der Waals surface area contributed by atoms with Gasteiger partial charge >= 0.3 is 0 Å². The summed E-state index contributed by atoms with van der Waals surface area (Å²) in [4.78, 5) is 24.4. The van der Waals surface area contributed by atoms with Crippen LogP contribution in [-0.2, 0) is 16.0 Å². The number of hydrogen-bond acceptors (Lipinski definition) is 4. The number of thioether (sulfide) groups is 1. The molecule has 0 aliphatic heterocycles. The van der Waals surface area contributed by atoms with Gasteiger partial charge in [0.2, 0.25) is 11.8 Å². The van der Waals surface area contributed by atoms with Crippen molar-refractivity contribution in [1.82, 2.24) is 10.9 Å². The minimum Gasteiger partial charge on any atom is -0.497 e. The van der Waals surface area contributed by atoms with Crippen molar-refractivity contribution in [1.29, 1.82) is 0 Å². The van der Waals surface area contributed by atoms with Gasteiger partial charge in [-0.05, 0) is 35.9 Å². The van der Waals surface area contributed by atoms with E-state index in [1.54, 1.807) is 49.6 Å². The van der Waals surface area contributed by atoms with Crippen molar-refractivity contribution in [3.63, 3.8) is 0 Å². The summed E-state index contributed by atoms with van der Waals surface area (Å²) in [6.45, 7) is 0. The lowest BCUT2D eigenvalue weighted by Crippen LogP contribution is -2.43. The first-order valence-corrected chi connectivity index (χ1v) is 9.00. The number of ether oxygens (including phenoxy) is 1. The van der Waals surface area contributed by atoms with Crippen molar-refractivity contribution >= 4 is 46.8 Å². The molecule has 0 heterocycles. The molecule has 0 aliphatic carbocycles. The molecule has 0 fully saturated rings. The van der Waals surface area contributed by atoms with E-state index in [0.717, 1.165) is 5.56 Å². The molecule has 132 valence electrons. The van der Waals surface area contributed by atoms with Gasteiger partial charge in [-0.1, -0.05) is 35.3 Å². The molecule has 0 saturated heterocycles. The van der Waals surface area contributed by atoms with E-state index in [1.165, 1.54) is 11.8 Å². The predicted molar refractivity (Wildman–Crippen MR) is 100 cm³/mol. The Morgan fingerprint density at radius 1 is 1.04 bits per heavy atom. The maximum absolute atomic E-state index is 11.8. The first kappa shape index (κ1) is 19.4. The van der Waals surface area contributed by atoms with Crippen LogP contribution in [0.25, 0.3) is 0 Å². The number of halogens is 2. The molecule has 0 spiro atoms. The molecule has 2 N–H and O–H groups in total. The van der Waals surface area contributed by atoms with Gasteiger partial charge in [-0.3, -0.25) is 20.4 Å². The van der Waals surface area contributed by atoms with Crippen LogP contribution in [0.3, 0.4) is 0 Å². The van der Waals surface area contributed by atoms with Crippen LogP contribution in [-0.4, -0.2) is 24.7 Å². The lowest BCUT2D eigenvalue weighted by molar-refractivity contribution is -0.127. The second-order valence-corrected chi connectivity index (χ2v) is 6.85. The van der Waals surface area contributed by atoms with Crippen LogP contribution in [0.2, 0.25) is 10.0 Å². The van der Waals surface area contributed by atoms with Crippen LogP contribution >= 0.6 is 35.0 Å². The van der Waals surface area contributed by atoms with Crippen molar-refractivity contribution in [2.75, 3.05) is 12.9 Å². The highest BCUT2D eigenvalue weighted by Crippen LogP contribution is 2.29. The van der Waals surface area contributed by atoms with Crippen LogP contribution in [0, 0.1) is 0 Å². The smallest absolute Gasteiger partial charge is 0.248 e. The molecule has 5 nitrogen and oxygen atoms in total. The van der Waals surface area contributed by atoms with Gasteiger partial charge in [0.25, 0.3) is 0 Å². The Balaban J connectivity index is 1.75. The number of amides is 2. The molecular weight excluding hydrogens is 383 g/mol. The molecule has 2 rings (SSSR count). The molecule has 25 heavy (non-hydrogen) atoms. The summed E-state index contributed by atoms with van der Waals surface area (Å²) in [5, 5.41) is 1.06. The van der Waals surface area contributed by atoms with Gasteiger partial charge in [-0.25, -0.2) is 0 Å². The van der Waals surface area contributed by atoms with Crippen LogP contribution in [0.5, 0.6) is 5.75 Å². The molecule has 0 bridgehead atoms. The Hall–Kier alpha value is -1.89. The average molecular weight is 399 g/mol. The minimum absolute atomic E-state index is 0.100. The van der Waals surface area contributed by atoms with E-state index in [1.807, 2.05) is 0 Å². The molecule has 8 heteroatoms. The number of carbonyl (C=O) groups excluding carboxylic acids is 2. The Kier molecular flexibility index (Phi) is 7.43. The quantitative estimate of drug-likeness (QED) is 0.577. The number of methoxy groups -OCH3 is 1. The summed E-state index contributed by atoms with van der Waals surface area (Å²) < 4.78 is 5.05. The summed E-state index contributed by atoms with van der Waals surface area (Å²) in [7, 11) is 1.58.